The van der Waals surface area contributed by atoms with E-state index in [4.69, 9.17) is 0 Å². The molecule has 0 aromatic heterocycles. The highest BCUT2D eigenvalue weighted by atomic mass is 127. The number of hydrogen-bond donors (Lipinski definition) is 2. The average Bonchev–Trinajstić information content (AvgIpc) is 2.50. The zero-order chi connectivity index (χ0) is 15.5. The molecule has 0 aliphatic carbocycles. The summed E-state index contributed by atoms with van der Waals surface area (Å²) in [6.45, 7) is 7.37. The van der Waals surface area contributed by atoms with Gasteiger partial charge in [0, 0.05) is 26.2 Å². The Hall–Kier alpha value is -0.820. The Labute approximate surface area is 152 Å². The van der Waals surface area contributed by atoms with Crippen molar-refractivity contribution in [2.45, 2.75) is 39.3 Å². The van der Waals surface area contributed by atoms with E-state index < -0.39 is 0 Å². The van der Waals surface area contributed by atoms with Crippen LogP contribution < -0.4 is 10.6 Å². The van der Waals surface area contributed by atoms with E-state index in [0.29, 0.717) is 6.04 Å². The third-order valence-electron chi connectivity index (χ3n) is 3.64. The van der Waals surface area contributed by atoms with Gasteiger partial charge in [0.25, 0.3) is 0 Å². The van der Waals surface area contributed by atoms with Crippen LogP contribution in [0.2, 0.25) is 0 Å². The number of nitrogens with zero attached hydrogens (tertiary/aromatic N) is 2. The normalized spacial score (nSPS) is 11.5. The lowest BCUT2D eigenvalue weighted by Gasteiger charge is -2.20. The van der Waals surface area contributed by atoms with Gasteiger partial charge in [0.1, 0.15) is 0 Å². The molecule has 0 unspecified atom stereocenters. The number of hydrogen-bond acceptors (Lipinski definition) is 2. The van der Waals surface area contributed by atoms with E-state index in [1.54, 1.807) is 0 Å². The van der Waals surface area contributed by atoms with Crippen LogP contribution in [-0.4, -0.2) is 44.1 Å². The maximum absolute atomic E-state index is 4.25. The Kier molecular flexibility index (Phi) is 12.2. The van der Waals surface area contributed by atoms with Gasteiger partial charge in [-0.1, -0.05) is 30.3 Å². The second-order valence-corrected chi connectivity index (χ2v) is 5.62. The number of unbranched alkanes of at least 4 members (excludes halogenated alkanes) is 1. The first kappa shape index (κ1) is 21.2. The largest absolute Gasteiger partial charge is 0.356 e. The summed E-state index contributed by atoms with van der Waals surface area (Å²) < 4.78 is 0. The van der Waals surface area contributed by atoms with Crippen LogP contribution in [0.1, 0.15) is 32.3 Å². The van der Waals surface area contributed by atoms with Gasteiger partial charge < -0.3 is 15.5 Å². The molecule has 2 N–H and O–H groups in total. The molecule has 0 spiro atoms. The lowest BCUT2D eigenvalue weighted by Crippen LogP contribution is -2.37. The van der Waals surface area contributed by atoms with Crippen LogP contribution in [0.3, 0.4) is 0 Å². The molecule has 0 saturated heterocycles. The Balaban J connectivity index is 0.00000441. The number of aliphatic imine (C=N–C) groups is 1. The van der Waals surface area contributed by atoms with Crippen molar-refractivity contribution in [3.63, 3.8) is 0 Å². The van der Waals surface area contributed by atoms with Gasteiger partial charge in [-0.05, 0) is 45.8 Å². The predicted octanol–water partition coefficient (Wildman–Crippen LogP) is 3.09. The maximum atomic E-state index is 4.25. The topological polar surface area (TPSA) is 39.7 Å². The van der Waals surface area contributed by atoms with Crippen molar-refractivity contribution in [1.29, 1.82) is 0 Å². The first-order chi connectivity index (χ1) is 10.1. The molecule has 0 aliphatic heterocycles. The second-order valence-electron chi connectivity index (χ2n) is 5.62. The van der Waals surface area contributed by atoms with E-state index in [9.17, 15) is 0 Å². The van der Waals surface area contributed by atoms with Crippen molar-refractivity contribution in [2.24, 2.45) is 4.99 Å². The molecule has 0 fully saturated rings. The fourth-order valence-electron chi connectivity index (χ4n) is 1.95. The summed E-state index contributed by atoms with van der Waals surface area (Å²) in [5, 5.41) is 6.70. The fourth-order valence-corrected chi connectivity index (χ4v) is 1.95. The summed E-state index contributed by atoms with van der Waals surface area (Å²) in [6.07, 6.45) is 2.36. The van der Waals surface area contributed by atoms with Crippen molar-refractivity contribution >= 4 is 29.9 Å². The number of halogens is 1. The molecular weight excluding hydrogens is 387 g/mol. The van der Waals surface area contributed by atoms with Gasteiger partial charge in [0.15, 0.2) is 5.96 Å². The van der Waals surface area contributed by atoms with Gasteiger partial charge in [0.05, 0.1) is 0 Å². The molecular formula is C17H31IN4. The van der Waals surface area contributed by atoms with Crippen LogP contribution >= 0.6 is 24.0 Å². The molecule has 0 bridgehead atoms. The lowest BCUT2D eigenvalue weighted by molar-refractivity contribution is 0.268. The molecule has 0 radical (unpaired) electrons. The molecule has 126 valence electrons. The zero-order valence-corrected chi connectivity index (χ0v) is 16.6. The van der Waals surface area contributed by atoms with Crippen LogP contribution in [-0.2, 0) is 6.54 Å². The van der Waals surface area contributed by atoms with E-state index in [-0.39, 0.29) is 24.0 Å². The molecule has 0 aliphatic rings. The molecule has 0 saturated carbocycles. The SMILES string of the molecule is CN=C(NCCCCN(C)C(C)C)NCc1ccccc1.I. The van der Waals surface area contributed by atoms with Gasteiger partial charge >= 0.3 is 0 Å². The van der Waals surface area contributed by atoms with Crippen molar-refractivity contribution < 1.29 is 0 Å². The Morgan fingerprint density at radius 3 is 2.41 bits per heavy atom. The summed E-state index contributed by atoms with van der Waals surface area (Å²) in [6, 6.07) is 11.0. The third kappa shape index (κ3) is 9.25. The van der Waals surface area contributed by atoms with Gasteiger partial charge in [-0.15, -0.1) is 24.0 Å². The molecule has 22 heavy (non-hydrogen) atoms. The molecule has 0 amide bonds. The second kappa shape index (κ2) is 12.7. The molecule has 5 heteroatoms. The highest BCUT2D eigenvalue weighted by Gasteiger charge is 2.02. The van der Waals surface area contributed by atoms with E-state index >= 15 is 0 Å². The minimum atomic E-state index is 0. The van der Waals surface area contributed by atoms with E-state index in [0.717, 1.165) is 32.0 Å². The highest BCUT2D eigenvalue weighted by Crippen LogP contribution is 1.98. The maximum Gasteiger partial charge on any atom is 0.191 e. The van der Waals surface area contributed by atoms with E-state index in [1.165, 1.54) is 12.0 Å². The smallest absolute Gasteiger partial charge is 0.191 e. The van der Waals surface area contributed by atoms with Crippen LogP contribution in [0.25, 0.3) is 0 Å². The van der Waals surface area contributed by atoms with Crippen molar-refractivity contribution in [1.82, 2.24) is 15.5 Å². The van der Waals surface area contributed by atoms with Crippen molar-refractivity contribution in [2.75, 3.05) is 27.2 Å². The Bertz CT molecular complexity index is 406. The summed E-state index contributed by atoms with van der Waals surface area (Å²) in [4.78, 5) is 6.63. The van der Waals surface area contributed by atoms with Gasteiger partial charge in [-0.25, -0.2) is 0 Å². The first-order valence-electron chi connectivity index (χ1n) is 7.82. The summed E-state index contributed by atoms with van der Waals surface area (Å²) in [7, 11) is 3.99. The van der Waals surface area contributed by atoms with Gasteiger partial charge in [-0.3, -0.25) is 4.99 Å². The number of benzene rings is 1. The number of rotatable bonds is 8. The summed E-state index contributed by atoms with van der Waals surface area (Å²) in [5.41, 5.74) is 1.26. The fraction of sp³-hybridized carbons (Fsp3) is 0.588. The van der Waals surface area contributed by atoms with Crippen LogP contribution in [0, 0.1) is 0 Å². The van der Waals surface area contributed by atoms with Crippen molar-refractivity contribution in [3.05, 3.63) is 35.9 Å². The zero-order valence-electron chi connectivity index (χ0n) is 14.3. The van der Waals surface area contributed by atoms with E-state index in [2.05, 4.69) is 65.7 Å². The molecule has 0 heterocycles. The minimum absolute atomic E-state index is 0. The highest BCUT2D eigenvalue weighted by molar-refractivity contribution is 14.0. The summed E-state index contributed by atoms with van der Waals surface area (Å²) in [5.74, 6) is 0.871. The van der Waals surface area contributed by atoms with Crippen LogP contribution in [0.4, 0.5) is 0 Å². The molecule has 1 aromatic carbocycles. The molecule has 0 atom stereocenters. The number of guanidine groups is 1. The first-order valence-corrected chi connectivity index (χ1v) is 7.82. The minimum Gasteiger partial charge on any atom is -0.356 e. The van der Waals surface area contributed by atoms with E-state index in [1.807, 2.05) is 13.1 Å². The Morgan fingerprint density at radius 1 is 1.14 bits per heavy atom. The van der Waals surface area contributed by atoms with Gasteiger partial charge in [0.2, 0.25) is 0 Å². The Morgan fingerprint density at radius 2 is 1.82 bits per heavy atom. The molecule has 1 aromatic rings. The predicted molar refractivity (Wildman–Crippen MR) is 107 cm³/mol. The molecule has 1 rings (SSSR count). The van der Waals surface area contributed by atoms with Gasteiger partial charge in [-0.2, -0.15) is 0 Å². The van der Waals surface area contributed by atoms with Crippen molar-refractivity contribution in [3.8, 4) is 0 Å². The number of nitrogens with one attached hydrogen (secondary N) is 2. The third-order valence-corrected chi connectivity index (χ3v) is 3.64. The van der Waals surface area contributed by atoms with Crippen LogP contribution in [0.5, 0.6) is 0 Å². The average molecular weight is 418 g/mol. The quantitative estimate of drug-likeness (QED) is 0.295. The monoisotopic (exact) mass is 418 g/mol. The standard InChI is InChI=1S/C17H30N4.HI/c1-15(2)21(4)13-9-8-12-19-17(18-3)20-14-16-10-6-5-7-11-16;/h5-7,10-11,15H,8-9,12-14H2,1-4H3,(H2,18,19,20);1H. The van der Waals surface area contributed by atoms with Crippen LogP contribution in [0.15, 0.2) is 35.3 Å². The summed E-state index contributed by atoms with van der Waals surface area (Å²) >= 11 is 0. The lowest BCUT2D eigenvalue weighted by atomic mass is 10.2. The molecule has 4 nitrogen and oxygen atoms in total.